The maximum Gasteiger partial charge on any atom is 0.280 e. The van der Waals surface area contributed by atoms with Crippen LogP contribution in [0.5, 0.6) is 11.5 Å². The molecule has 0 saturated heterocycles. The van der Waals surface area contributed by atoms with Crippen molar-refractivity contribution in [3.8, 4) is 11.5 Å². The summed E-state index contributed by atoms with van der Waals surface area (Å²) >= 11 is 5.87. The number of methoxy groups -OCH3 is 1. The zero-order valence-electron chi connectivity index (χ0n) is 13.9. The monoisotopic (exact) mass is 382 g/mol. The van der Waals surface area contributed by atoms with Crippen molar-refractivity contribution >= 4 is 27.8 Å². The number of nitrogens with zero attached hydrogens (tertiary/aromatic N) is 1. The molecular weight excluding hydrogens is 364 g/mol. The average Bonchev–Trinajstić information content (AvgIpc) is 2.60. The second-order valence-corrected chi connectivity index (χ2v) is 7.13. The molecule has 0 spiro atoms. The lowest BCUT2D eigenvalue weighted by atomic mass is 10.2. The fourth-order valence-electron chi connectivity index (χ4n) is 1.98. The molecule has 0 aromatic heterocycles. The first-order chi connectivity index (χ1) is 12.0. The van der Waals surface area contributed by atoms with Gasteiger partial charge in [-0.15, -0.1) is 0 Å². The fourth-order valence-corrected chi connectivity index (χ4v) is 3.21. The second-order valence-electron chi connectivity index (χ2n) is 5.07. The lowest BCUT2D eigenvalue weighted by Gasteiger charge is -2.09. The molecule has 0 heterocycles. The molecule has 0 atom stereocenters. The van der Waals surface area contributed by atoms with Gasteiger partial charge in [-0.2, -0.15) is 18.4 Å². The van der Waals surface area contributed by atoms with E-state index in [9.17, 15) is 8.42 Å². The lowest BCUT2D eigenvalue weighted by molar-refractivity contribution is 0.317. The van der Waals surface area contributed by atoms with Crippen molar-refractivity contribution in [1.82, 2.24) is 4.83 Å². The summed E-state index contributed by atoms with van der Waals surface area (Å²) in [6.45, 7) is 2.63. The van der Waals surface area contributed by atoms with E-state index in [2.05, 4.69) is 9.93 Å². The Morgan fingerprint density at radius 3 is 2.76 bits per heavy atom. The summed E-state index contributed by atoms with van der Waals surface area (Å²) in [6.07, 6.45) is 2.30. The molecule has 2 aromatic rings. The summed E-state index contributed by atoms with van der Waals surface area (Å²) in [5, 5.41) is 4.08. The molecule has 0 aliphatic rings. The van der Waals surface area contributed by atoms with E-state index in [-0.39, 0.29) is 15.7 Å². The Balaban J connectivity index is 2.14. The van der Waals surface area contributed by atoms with Crippen molar-refractivity contribution < 1.29 is 17.9 Å². The van der Waals surface area contributed by atoms with Gasteiger partial charge in [-0.1, -0.05) is 30.7 Å². The summed E-state index contributed by atoms with van der Waals surface area (Å²) in [4.78, 5) is 2.07. The number of benzene rings is 2. The highest BCUT2D eigenvalue weighted by Gasteiger charge is 2.19. The Morgan fingerprint density at radius 2 is 2.04 bits per heavy atom. The van der Waals surface area contributed by atoms with Gasteiger partial charge >= 0.3 is 0 Å². The van der Waals surface area contributed by atoms with Gasteiger partial charge < -0.3 is 9.47 Å². The van der Waals surface area contributed by atoms with Gasteiger partial charge in [0.15, 0.2) is 0 Å². The highest BCUT2D eigenvalue weighted by Crippen LogP contribution is 2.26. The molecule has 0 aliphatic carbocycles. The Kier molecular flexibility index (Phi) is 6.66. The van der Waals surface area contributed by atoms with Crippen LogP contribution in [0.1, 0.15) is 18.9 Å². The van der Waals surface area contributed by atoms with Gasteiger partial charge in [-0.25, -0.2) is 0 Å². The number of hydrogen-bond acceptors (Lipinski definition) is 5. The molecule has 0 radical (unpaired) electrons. The fraction of sp³-hybridized carbons (Fsp3) is 0.235. The van der Waals surface area contributed by atoms with E-state index in [1.54, 1.807) is 24.3 Å². The zero-order chi connectivity index (χ0) is 18.3. The Labute approximate surface area is 152 Å². The van der Waals surface area contributed by atoms with E-state index in [4.69, 9.17) is 21.1 Å². The number of ether oxygens (including phenoxy) is 2. The molecule has 6 nitrogen and oxygen atoms in total. The van der Waals surface area contributed by atoms with E-state index in [1.807, 2.05) is 13.0 Å². The predicted octanol–water partition coefficient (Wildman–Crippen LogP) is 3.45. The Bertz CT molecular complexity index is 853. The number of nitrogens with one attached hydrogen (secondary N) is 1. The van der Waals surface area contributed by atoms with Crippen LogP contribution in [0, 0.1) is 0 Å². The summed E-state index contributed by atoms with van der Waals surface area (Å²) in [7, 11) is -2.53. The standard InChI is InChI=1S/C17H19ClN2O4S/c1-3-9-24-15-6-4-5-13(10-15)12-19-20-25(21,22)17-11-14(18)7-8-16(17)23-2/h4-8,10-12,20H,3,9H2,1-2H3/b19-12+. The SMILES string of the molecule is CCCOc1cccc(/C=N/NS(=O)(=O)c2cc(Cl)ccc2OC)c1. The van der Waals surface area contributed by atoms with Gasteiger partial charge in [-0.3, -0.25) is 0 Å². The topological polar surface area (TPSA) is 77.0 Å². The Hall–Kier alpha value is -2.25. The minimum Gasteiger partial charge on any atom is -0.495 e. The van der Waals surface area contributed by atoms with E-state index in [0.717, 1.165) is 6.42 Å². The molecule has 1 N–H and O–H groups in total. The molecule has 2 aromatic carbocycles. The van der Waals surface area contributed by atoms with Crippen LogP contribution in [0.4, 0.5) is 0 Å². The number of hydrogen-bond donors (Lipinski definition) is 1. The van der Waals surface area contributed by atoms with Crippen LogP contribution in [0.25, 0.3) is 0 Å². The van der Waals surface area contributed by atoms with Gasteiger partial charge in [0.2, 0.25) is 0 Å². The van der Waals surface area contributed by atoms with Gasteiger partial charge in [0.25, 0.3) is 10.0 Å². The molecule has 0 amide bonds. The summed E-state index contributed by atoms with van der Waals surface area (Å²) in [5.41, 5.74) is 0.703. The molecule has 0 saturated carbocycles. The maximum atomic E-state index is 12.4. The van der Waals surface area contributed by atoms with E-state index in [0.29, 0.717) is 17.9 Å². The van der Waals surface area contributed by atoms with Crippen LogP contribution in [0.2, 0.25) is 5.02 Å². The van der Waals surface area contributed by atoms with E-state index >= 15 is 0 Å². The number of halogens is 1. The highest BCUT2D eigenvalue weighted by molar-refractivity contribution is 7.89. The third-order valence-corrected chi connectivity index (χ3v) is 4.61. The number of hydrazone groups is 1. The summed E-state index contributed by atoms with van der Waals surface area (Å²) < 4.78 is 35.3. The van der Waals surface area contributed by atoms with Crippen LogP contribution >= 0.6 is 11.6 Å². The van der Waals surface area contributed by atoms with Crippen LogP contribution in [-0.2, 0) is 10.0 Å². The van der Waals surface area contributed by atoms with Gasteiger partial charge in [0.05, 0.1) is 19.9 Å². The maximum absolute atomic E-state index is 12.4. The van der Waals surface area contributed by atoms with E-state index < -0.39 is 10.0 Å². The van der Waals surface area contributed by atoms with Crippen LogP contribution in [-0.4, -0.2) is 28.3 Å². The zero-order valence-corrected chi connectivity index (χ0v) is 15.5. The van der Waals surface area contributed by atoms with Crippen molar-refractivity contribution in [2.75, 3.05) is 13.7 Å². The van der Waals surface area contributed by atoms with Crippen LogP contribution < -0.4 is 14.3 Å². The molecule has 8 heteroatoms. The minimum atomic E-state index is -3.91. The van der Waals surface area contributed by atoms with Crippen molar-refractivity contribution in [3.63, 3.8) is 0 Å². The molecule has 2 rings (SSSR count). The number of sulfonamides is 1. The first-order valence-corrected chi connectivity index (χ1v) is 9.43. The normalized spacial score (nSPS) is 11.5. The number of rotatable bonds is 8. The quantitative estimate of drug-likeness (QED) is 0.560. The molecule has 0 aliphatic heterocycles. The molecular formula is C17H19ClN2O4S. The average molecular weight is 383 g/mol. The molecule has 0 bridgehead atoms. The summed E-state index contributed by atoms with van der Waals surface area (Å²) in [6, 6.07) is 11.5. The van der Waals surface area contributed by atoms with Crippen LogP contribution in [0.3, 0.4) is 0 Å². The highest BCUT2D eigenvalue weighted by atomic mass is 35.5. The third-order valence-electron chi connectivity index (χ3n) is 3.13. The lowest BCUT2D eigenvalue weighted by Crippen LogP contribution is -2.19. The first kappa shape index (κ1) is 19.1. The van der Waals surface area contributed by atoms with E-state index in [1.165, 1.54) is 25.5 Å². The van der Waals surface area contributed by atoms with Gasteiger partial charge in [0.1, 0.15) is 16.4 Å². The summed E-state index contributed by atoms with van der Waals surface area (Å²) in [5.74, 6) is 0.882. The smallest absolute Gasteiger partial charge is 0.280 e. The van der Waals surface area contributed by atoms with Gasteiger partial charge in [-0.05, 0) is 42.3 Å². The molecule has 0 fully saturated rings. The predicted molar refractivity (Wildman–Crippen MR) is 98.1 cm³/mol. The molecule has 0 unspecified atom stereocenters. The molecule has 134 valence electrons. The van der Waals surface area contributed by atoms with Crippen molar-refractivity contribution in [2.24, 2.45) is 5.10 Å². The Morgan fingerprint density at radius 1 is 1.24 bits per heavy atom. The van der Waals surface area contributed by atoms with Crippen LogP contribution in [0.15, 0.2) is 52.5 Å². The minimum absolute atomic E-state index is 0.0836. The first-order valence-electron chi connectivity index (χ1n) is 7.57. The van der Waals surface area contributed by atoms with Crippen molar-refractivity contribution in [3.05, 3.63) is 53.1 Å². The van der Waals surface area contributed by atoms with Crippen molar-refractivity contribution in [2.45, 2.75) is 18.2 Å². The second kappa shape index (κ2) is 8.73. The van der Waals surface area contributed by atoms with Crippen molar-refractivity contribution in [1.29, 1.82) is 0 Å². The third kappa shape index (κ3) is 5.37. The van der Waals surface area contributed by atoms with Gasteiger partial charge in [0, 0.05) is 5.02 Å². The largest absolute Gasteiger partial charge is 0.495 e. The molecule has 25 heavy (non-hydrogen) atoms.